The normalized spacial score (nSPS) is 13.2. The lowest BCUT2D eigenvalue weighted by molar-refractivity contribution is 0.445. The predicted molar refractivity (Wildman–Crippen MR) is 64.5 cm³/mol. The Balaban J connectivity index is 3.00. The monoisotopic (exact) mass is 247 g/mol. The third kappa shape index (κ3) is 3.00. The van der Waals surface area contributed by atoms with Crippen LogP contribution in [-0.2, 0) is 0 Å². The molecule has 1 aromatic carbocycles. The van der Waals surface area contributed by atoms with Crippen molar-refractivity contribution in [2.75, 3.05) is 0 Å². The maximum absolute atomic E-state index is 9.77. The van der Waals surface area contributed by atoms with Gasteiger partial charge < -0.3 is 10.8 Å². The average molecular weight is 248 g/mol. The van der Waals surface area contributed by atoms with E-state index in [1.54, 1.807) is 12.1 Å². The highest BCUT2D eigenvalue weighted by Gasteiger charge is 2.16. The topological polar surface area (TPSA) is 46.2 Å². The molecular formula is C11H15Cl2NO. The van der Waals surface area contributed by atoms with Gasteiger partial charge in [-0.15, -0.1) is 0 Å². The molecule has 0 amide bonds. The van der Waals surface area contributed by atoms with Crippen LogP contribution in [0.3, 0.4) is 0 Å². The molecule has 0 aliphatic heterocycles. The van der Waals surface area contributed by atoms with Crippen LogP contribution < -0.4 is 5.73 Å². The zero-order chi connectivity index (χ0) is 11.6. The molecule has 0 saturated heterocycles. The van der Waals surface area contributed by atoms with Crippen molar-refractivity contribution in [1.29, 1.82) is 0 Å². The smallest absolute Gasteiger partial charge is 0.140 e. The van der Waals surface area contributed by atoms with Gasteiger partial charge in [0, 0.05) is 11.6 Å². The summed E-state index contributed by atoms with van der Waals surface area (Å²) in [5.74, 6) is 0.464. The number of rotatable bonds is 3. The zero-order valence-electron chi connectivity index (χ0n) is 8.80. The Labute approximate surface area is 100.0 Å². The Morgan fingerprint density at radius 3 is 2.47 bits per heavy atom. The van der Waals surface area contributed by atoms with Gasteiger partial charge in [-0.3, -0.25) is 0 Å². The molecule has 0 aliphatic carbocycles. The van der Waals surface area contributed by atoms with E-state index < -0.39 is 0 Å². The third-order valence-corrected chi connectivity index (χ3v) is 3.02. The number of aromatic hydroxyl groups is 1. The van der Waals surface area contributed by atoms with Crippen LogP contribution in [0, 0.1) is 5.92 Å². The highest BCUT2D eigenvalue weighted by Crippen LogP contribution is 2.37. The summed E-state index contributed by atoms with van der Waals surface area (Å²) >= 11 is 11.6. The fraction of sp³-hybridized carbons (Fsp3) is 0.455. The first kappa shape index (κ1) is 12.6. The van der Waals surface area contributed by atoms with Crippen molar-refractivity contribution in [3.63, 3.8) is 0 Å². The van der Waals surface area contributed by atoms with E-state index in [9.17, 15) is 5.11 Å². The van der Waals surface area contributed by atoms with Crippen LogP contribution in [0.4, 0.5) is 0 Å². The minimum absolute atomic E-state index is 0.00248. The summed E-state index contributed by atoms with van der Waals surface area (Å²) in [7, 11) is 0. The van der Waals surface area contributed by atoms with E-state index in [0.29, 0.717) is 16.5 Å². The minimum Gasteiger partial charge on any atom is -0.506 e. The van der Waals surface area contributed by atoms with E-state index in [-0.39, 0.29) is 16.8 Å². The third-order valence-electron chi connectivity index (χ3n) is 2.23. The van der Waals surface area contributed by atoms with Gasteiger partial charge in [0.05, 0.1) is 5.02 Å². The largest absolute Gasteiger partial charge is 0.506 e. The van der Waals surface area contributed by atoms with Gasteiger partial charge in [0.2, 0.25) is 0 Å². The molecule has 0 saturated carbocycles. The van der Waals surface area contributed by atoms with Crippen LogP contribution in [0.2, 0.25) is 10.0 Å². The Bertz CT molecular complexity index is 353. The van der Waals surface area contributed by atoms with Crippen molar-refractivity contribution in [2.45, 2.75) is 26.3 Å². The number of hydrogen-bond acceptors (Lipinski definition) is 2. The van der Waals surface area contributed by atoms with Gasteiger partial charge in [-0.1, -0.05) is 43.1 Å². The summed E-state index contributed by atoms with van der Waals surface area (Å²) in [5.41, 5.74) is 6.61. The lowest BCUT2D eigenvalue weighted by atomic mass is 9.97. The van der Waals surface area contributed by atoms with Gasteiger partial charge in [0.1, 0.15) is 10.8 Å². The number of hydrogen-bond donors (Lipinski definition) is 2. The quantitative estimate of drug-likeness (QED) is 0.855. The van der Waals surface area contributed by atoms with Crippen molar-refractivity contribution in [2.24, 2.45) is 11.7 Å². The molecule has 0 heterocycles. The SMILES string of the molecule is CC(C)C[C@@H](N)c1ccc(Cl)c(Cl)c1O. The molecule has 0 fully saturated rings. The van der Waals surface area contributed by atoms with Crippen LogP contribution in [0.5, 0.6) is 5.75 Å². The van der Waals surface area contributed by atoms with E-state index in [1.807, 2.05) is 0 Å². The minimum atomic E-state index is -0.209. The van der Waals surface area contributed by atoms with Gasteiger partial charge in [-0.2, -0.15) is 0 Å². The molecule has 2 nitrogen and oxygen atoms in total. The number of halogens is 2. The molecule has 15 heavy (non-hydrogen) atoms. The second-order valence-corrected chi connectivity index (χ2v) is 4.82. The van der Waals surface area contributed by atoms with E-state index >= 15 is 0 Å². The molecule has 0 aromatic heterocycles. The summed E-state index contributed by atoms with van der Waals surface area (Å²) < 4.78 is 0. The molecule has 1 aromatic rings. The van der Waals surface area contributed by atoms with Gasteiger partial charge in [0.15, 0.2) is 0 Å². The van der Waals surface area contributed by atoms with Crippen LogP contribution in [-0.4, -0.2) is 5.11 Å². The molecule has 3 N–H and O–H groups in total. The highest BCUT2D eigenvalue weighted by atomic mass is 35.5. The van der Waals surface area contributed by atoms with Gasteiger partial charge in [0.25, 0.3) is 0 Å². The number of nitrogens with two attached hydrogens (primary N) is 1. The standard InChI is InChI=1S/C11H15Cl2NO/c1-6(2)5-9(14)7-3-4-8(12)10(13)11(7)15/h3-4,6,9,15H,5,14H2,1-2H3/t9-/m1/s1. The van der Waals surface area contributed by atoms with Crippen molar-refractivity contribution in [3.05, 3.63) is 27.7 Å². The zero-order valence-corrected chi connectivity index (χ0v) is 10.3. The highest BCUT2D eigenvalue weighted by molar-refractivity contribution is 6.43. The molecule has 4 heteroatoms. The molecule has 0 unspecified atom stereocenters. The molecule has 1 atom stereocenters. The molecule has 1 rings (SSSR count). The first-order valence-corrected chi connectivity index (χ1v) is 5.61. The maximum Gasteiger partial charge on any atom is 0.140 e. The summed E-state index contributed by atoms with van der Waals surface area (Å²) in [6.07, 6.45) is 0.797. The van der Waals surface area contributed by atoms with Crippen molar-refractivity contribution < 1.29 is 5.11 Å². The fourth-order valence-corrected chi connectivity index (χ4v) is 1.81. The van der Waals surface area contributed by atoms with E-state index in [4.69, 9.17) is 28.9 Å². The van der Waals surface area contributed by atoms with Gasteiger partial charge in [-0.25, -0.2) is 0 Å². The number of phenolic OH excluding ortho intramolecular Hbond substituents is 1. The van der Waals surface area contributed by atoms with Crippen LogP contribution in [0.25, 0.3) is 0 Å². The molecule has 0 bridgehead atoms. The molecule has 84 valence electrons. The second-order valence-electron chi connectivity index (χ2n) is 4.04. The summed E-state index contributed by atoms with van der Waals surface area (Å²) in [6.45, 7) is 4.16. The van der Waals surface area contributed by atoms with Crippen LogP contribution >= 0.6 is 23.2 Å². The lowest BCUT2D eigenvalue weighted by Gasteiger charge is -2.16. The van der Waals surface area contributed by atoms with E-state index in [2.05, 4.69) is 13.8 Å². The summed E-state index contributed by atoms with van der Waals surface area (Å²) in [6, 6.07) is 3.16. The Morgan fingerprint density at radius 1 is 1.33 bits per heavy atom. The summed E-state index contributed by atoms with van der Waals surface area (Å²) in [5, 5.41) is 10.3. The number of phenols is 1. The Kier molecular flexibility index (Phi) is 4.26. The van der Waals surface area contributed by atoms with Gasteiger partial charge in [-0.05, 0) is 18.4 Å². The van der Waals surface area contributed by atoms with Crippen LogP contribution in [0.15, 0.2) is 12.1 Å². The Hall–Kier alpha value is -0.440. The fourth-order valence-electron chi connectivity index (χ4n) is 1.49. The second kappa shape index (κ2) is 5.06. The average Bonchev–Trinajstić information content (AvgIpc) is 2.13. The summed E-state index contributed by atoms with van der Waals surface area (Å²) in [4.78, 5) is 0. The number of benzene rings is 1. The van der Waals surface area contributed by atoms with Crippen molar-refractivity contribution >= 4 is 23.2 Å². The van der Waals surface area contributed by atoms with Crippen molar-refractivity contribution in [1.82, 2.24) is 0 Å². The van der Waals surface area contributed by atoms with E-state index in [0.717, 1.165) is 6.42 Å². The predicted octanol–water partition coefficient (Wildman–Crippen LogP) is 3.74. The molecule has 0 spiro atoms. The molecular weight excluding hydrogens is 233 g/mol. The maximum atomic E-state index is 9.77. The van der Waals surface area contributed by atoms with Crippen LogP contribution in [0.1, 0.15) is 31.9 Å². The first-order chi connectivity index (χ1) is 6.93. The molecule has 0 aliphatic rings. The molecule has 0 radical (unpaired) electrons. The first-order valence-electron chi connectivity index (χ1n) is 4.86. The Morgan fingerprint density at radius 2 is 1.93 bits per heavy atom. The van der Waals surface area contributed by atoms with Gasteiger partial charge >= 0.3 is 0 Å². The van der Waals surface area contributed by atoms with Crippen molar-refractivity contribution in [3.8, 4) is 5.75 Å². The van der Waals surface area contributed by atoms with E-state index in [1.165, 1.54) is 0 Å². The lowest BCUT2D eigenvalue weighted by Crippen LogP contribution is -2.13.